The Morgan fingerprint density at radius 2 is 1.91 bits per heavy atom. The van der Waals surface area contributed by atoms with Gasteiger partial charge in [-0.15, -0.1) is 0 Å². The van der Waals surface area contributed by atoms with Crippen molar-refractivity contribution in [1.82, 2.24) is 10.2 Å². The molecule has 1 N–H and O–H groups in total. The number of hydrogen-bond donors (Lipinski definition) is 1. The fourth-order valence-electron chi connectivity index (χ4n) is 5.45. The number of ether oxygens (including phenoxy) is 2. The van der Waals surface area contributed by atoms with Crippen molar-refractivity contribution in [2.75, 3.05) is 20.8 Å². The van der Waals surface area contributed by atoms with Gasteiger partial charge in [0.2, 0.25) is 5.91 Å². The Hall–Kier alpha value is -2.19. The number of carbonyl (C=O) groups excluding carboxylic acids is 2. The molecule has 2 amide bonds. The third kappa shape index (κ3) is 5.01. The van der Waals surface area contributed by atoms with Crippen molar-refractivity contribution in [1.29, 1.82) is 0 Å². The van der Waals surface area contributed by atoms with E-state index in [4.69, 9.17) is 14.5 Å². The molecule has 1 saturated heterocycles. The zero-order valence-electron chi connectivity index (χ0n) is 19.5. The maximum atomic E-state index is 13.8. The molecule has 3 aliphatic rings. The minimum atomic E-state index is -0.817. The normalized spacial score (nSPS) is 23.3. The molecule has 0 aromatic heterocycles. The molecule has 3 atom stereocenters. The lowest BCUT2D eigenvalue weighted by Crippen LogP contribution is -2.56. The maximum Gasteiger partial charge on any atom is 0.407 e. The van der Waals surface area contributed by atoms with E-state index in [9.17, 15) is 9.59 Å². The highest BCUT2D eigenvalue weighted by atomic mass is 79.9. The molecule has 0 bridgehead atoms. The predicted octanol–water partition coefficient (Wildman–Crippen LogP) is 4.56. The number of nitrogens with zero attached hydrogens (tertiary/aromatic N) is 2. The van der Waals surface area contributed by atoms with Gasteiger partial charge in [0.05, 0.1) is 19.3 Å². The Bertz CT molecular complexity index is 953. The first-order valence-electron chi connectivity index (χ1n) is 11.5. The van der Waals surface area contributed by atoms with E-state index in [2.05, 4.69) is 33.4 Å². The summed E-state index contributed by atoms with van der Waals surface area (Å²) >= 11 is 3.49. The molecule has 7 nitrogen and oxygen atoms in total. The van der Waals surface area contributed by atoms with Crippen molar-refractivity contribution in [2.24, 2.45) is 10.4 Å². The molecule has 1 aliphatic carbocycles. The summed E-state index contributed by atoms with van der Waals surface area (Å²) in [5, 5.41) is 2.69. The molecular formula is C25H32BrN3O4. The van der Waals surface area contributed by atoms with Gasteiger partial charge >= 0.3 is 6.09 Å². The van der Waals surface area contributed by atoms with E-state index in [1.807, 2.05) is 23.2 Å². The Morgan fingerprint density at radius 1 is 1.21 bits per heavy atom. The van der Waals surface area contributed by atoms with Gasteiger partial charge in [-0.3, -0.25) is 9.79 Å². The summed E-state index contributed by atoms with van der Waals surface area (Å²) in [6.45, 7) is 2.48. The smallest absolute Gasteiger partial charge is 0.407 e. The fraction of sp³-hybridized carbons (Fsp3) is 0.560. The van der Waals surface area contributed by atoms with Crippen LogP contribution in [0.2, 0.25) is 0 Å². The second kappa shape index (κ2) is 9.97. The van der Waals surface area contributed by atoms with Gasteiger partial charge in [-0.1, -0.05) is 40.9 Å². The van der Waals surface area contributed by atoms with E-state index < -0.39 is 18.2 Å². The van der Waals surface area contributed by atoms with E-state index in [0.717, 1.165) is 47.0 Å². The van der Waals surface area contributed by atoms with Crippen LogP contribution in [0.3, 0.4) is 0 Å². The van der Waals surface area contributed by atoms with Crippen LogP contribution in [0.1, 0.15) is 51.0 Å². The molecule has 2 heterocycles. The molecule has 2 fully saturated rings. The highest BCUT2D eigenvalue weighted by Crippen LogP contribution is 2.49. The van der Waals surface area contributed by atoms with Crippen LogP contribution in [0.4, 0.5) is 4.79 Å². The number of rotatable bonds is 6. The minimum absolute atomic E-state index is 0.0780. The number of amides is 2. The van der Waals surface area contributed by atoms with Gasteiger partial charge in [0, 0.05) is 36.5 Å². The van der Waals surface area contributed by atoms with Gasteiger partial charge in [-0.05, 0) is 54.9 Å². The van der Waals surface area contributed by atoms with Gasteiger partial charge in [0.15, 0.2) is 0 Å². The maximum absolute atomic E-state index is 13.8. The van der Waals surface area contributed by atoms with Gasteiger partial charge < -0.3 is 19.7 Å². The highest BCUT2D eigenvalue weighted by Gasteiger charge is 2.50. The third-order valence-electron chi connectivity index (χ3n) is 7.38. The first-order valence-corrected chi connectivity index (χ1v) is 12.3. The molecule has 1 saturated carbocycles. The molecule has 1 spiro atoms. The van der Waals surface area contributed by atoms with E-state index in [1.54, 1.807) is 14.0 Å². The standard InChI is InChI=1S/C25H32BrN3O4/c1-16(32-2)22(28-24(31)33-3)23(30)29-15-25(10-4-5-11-25)13-21(29)20-12-18(14-27-20)17-6-8-19(26)9-7-17/h6-9,14,16,21-22H,4-5,10-13,15H2,1-3H3,(H,28,31)/t16-,21+,22+/m1/s1. The number of aliphatic imine (C=N–C) groups is 1. The molecular weight excluding hydrogens is 486 g/mol. The fourth-order valence-corrected chi connectivity index (χ4v) is 5.71. The molecule has 0 radical (unpaired) electrons. The van der Waals surface area contributed by atoms with Crippen LogP contribution in [-0.2, 0) is 14.3 Å². The van der Waals surface area contributed by atoms with Crippen LogP contribution >= 0.6 is 15.9 Å². The summed E-state index contributed by atoms with van der Waals surface area (Å²) in [7, 11) is 2.84. The summed E-state index contributed by atoms with van der Waals surface area (Å²) in [6, 6.07) is 7.33. The second-order valence-corrected chi connectivity index (χ2v) is 10.3. The highest BCUT2D eigenvalue weighted by molar-refractivity contribution is 9.10. The number of hydrogen-bond acceptors (Lipinski definition) is 5. The number of likely N-dealkylation sites (tertiary alicyclic amines) is 1. The van der Waals surface area contributed by atoms with Crippen molar-refractivity contribution in [3.05, 3.63) is 40.5 Å². The lowest BCUT2D eigenvalue weighted by Gasteiger charge is -2.32. The van der Waals surface area contributed by atoms with Crippen molar-refractivity contribution >= 4 is 39.2 Å². The Labute approximate surface area is 203 Å². The molecule has 1 aromatic carbocycles. The van der Waals surface area contributed by atoms with Crippen LogP contribution < -0.4 is 5.32 Å². The SMILES string of the molecule is COC(=O)N[C@H](C(=O)N1CC2(CCCC2)C[C@H]1C1=NC=C(c2ccc(Br)cc2)C1)[C@@H](C)OC. The largest absolute Gasteiger partial charge is 0.453 e. The lowest BCUT2D eigenvalue weighted by molar-refractivity contribution is -0.136. The Kier molecular flexibility index (Phi) is 7.24. The van der Waals surface area contributed by atoms with E-state index in [0.29, 0.717) is 6.54 Å². The van der Waals surface area contributed by atoms with Crippen molar-refractivity contribution in [3.63, 3.8) is 0 Å². The molecule has 8 heteroatoms. The zero-order chi connectivity index (χ0) is 23.6. The third-order valence-corrected chi connectivity index (χ3v) is 7.91. The van der Waals surface area contributed by atoms with Crippen molar-refractivity contribution < 1.29 is 19.1 Å². The van der Waals surface area contributed by atoms with E-state index in [-0.39, 0.29) is 17.4 Å². The monoisotopic (exact) mass is 517 g/mol. The van der Waals surface area contributed by atoms with Crippen LogP contribution in [0.15, 0.2) is 39.9 Å². The molecule has 178 valence electrons. The lowest BCUT2D eigenvalue weighted by atomic mass is 9.82. The van der Waals surface area contributed by atoms with Crippen molar-refractivity contribution in [2.45, 2.75) is 63.6 Å². The minimum Gasteiger partial charge on any atom is -0.453 e. The van der Waals surface area contributed by atoms with E-state index in [1.165, 1.54) is 20.0 Å². The molecule has 33 heavy (non-hydrogen) atoms. The number of benzene rings is 1. The molecule has 4 rings (SSSR count). The number of methoxy groups -OCH3 is 2. The summed E-state index contributed by atoms with van der Waals surface area (Å²) < 4.78 is 11.2. The number of halogens is 1. The molecule has 2 aliphatic heterocycles. The van der Waals surface area contributed by atoms with E-state index >= 15 is 0 Å². The average Bonchev–Trinajstić information content (AvgIpc) is 3.57. The summed E-state index contributed by atoms with van der Waals surface area (Å²) in [4.78, 5) is 32.5. The van der Waals surface area contributed by atoms with Crippen LogP contribution in [0, 0.1) is 5.41 Å². The quantitative estimate of drug-likeness (QED) is 0.599. The predicted molar refractivity (Wildman–Crippen MR) is 131 cm³/mol. The molecule has 1 aromatic rings. The topological polar surface area (TPSA) is 80.2 Å². The number of allylic oxidation sites excluding steroid dienone is 1. The second-order valence-electron chi connectivity index (χ2n) is 9.41. The summed E-state index contributed by atoms with van der Waals surface area (Å²) in [5.74, 6) is -0.136. The number of alkyl carbamates (subject to hydrolysis) is 1. The Morgan fingerprint density at radius 3 is 2.55 bits per heavy atom. The summed E-state index contributed by atoms with van der Waals surface area (Å²) in [6.07, 6.45) is 7.10. The average molecular weight is 518 g/mol. The number of nitrogens with one attached hydrogen (secondary N) is 1. The van der Waals surface area contributed by atoms with Gasteiger partial charge in [-0.2, -0.15) is 0 Å². The first kappa shape index (κ1) is 24.0. The first-order chi connectivity index (χ1) is 15.9. The number of carbonyl (C=O) groups is 2. The van der Waals surface area contributed by atoms with Gasteiger partial charge in [0.1, 0.15) is 6.04 Å². The van der Waals surface area contributed by atoms with Crippen molar-refractivity contribution in [3.8, 4) is 0 Å². The Balaban J connectivity index is 1.57. The van der Waals surface area contributed by atoms with Crippen LogP contribution in [0.25, 0.3) is 5.57 Å². The summed E-state index contributed by atoms with van der Waals surface area (Å²) in [5.41, 5.74) is 3.45. The van der Waals surface area contributed by atoms with Crippen LogP contribution in [0.5, 0.6) is 0 Å². The van der Waals surface area contributed by atoms with Gasteiger partial charge in [-0.25, -0.2) is 4.79 Å². The van der Waals surface area contributed by atoms with Gasteiger partial charge in [0.25, 0.3) is 0 Å². The van der Waals surface area contributed by atoms with Crippen LogP contribution in [-0.4, -0.2) is 61.6 Å². The zero-order valence-corrected chi connectivity index (χ0v) is 21.1. The molecule has 0 unspecified atom stereocenters.